The highest BCUT2D eigenvalue weighted by Crippen LogP contribution is 2.48. The van der Waals surface area contributed by atoms with Crippen molar-refractivity contribution in [1.82, 2.24) is 15.6 Å². The van der Waals surface area contributed by atoms with Crippen LogP contribution in [0.25, 0.3) is 0 Å². The van der Waals surface area contributed by atoms with Gasteiger partial charge in [0.2, 0.25) is 5.88 Å². The van der Waals surface area contributed by atoms with E-state index in [1.165, 1.54) is 12.1 Å². The number of aromatic nitrogens is 1. The molecule has 4 rings (SSSR count). The van der Waals surface area contributed by atoms with Gasteiger partial charge in [-0.15, -0.1) is 0 Å². The van der Waals surface area contributed by atoms with Crippen LogP contribution in [0.3, 0.4) is 0 Å². The number of aliphatic hydroxyl groups is 1. The maximum absolute atomic E-state index is 13.3. The van der Waals surface area contributed by atoms with E-state index < -0.39 is 18.2 Å². The summed E-state index contributed by atoms with van der Waals surface area (Å²) in [5.74, 6) is 0.286. The molecule has 1 aliphatic heterocycles. The number of benzene rings is 1. The first-order chi connectivity index (χ1) is 16.5. The maximum Gasteiger partial charge on any atom is 0.404 e. The van der Waals surface area contributed by atoms with Crippen molar-refractivity contribution in [1.29, 1.82) is 0 Å². The van der Waals surface area contributed by atoms with Gasteiger partial charge >= 0.3 is 6.09 Å². The Morgan fingerprint density at radius 2 is 1.97 bits per heavy atom. The SMILES string of the molecule is CC(C)(C)Cc1cnc2c(c1)[C@@H](NC[C@@H](O)[C@H](Cc1ccc(F)cc1)NC(=O)O)CC1(CCC1)O2. The molecule has 2 aliphatic rings. The minimum Gasteiger partial charge on any atom is -0.471 e. The summed E-state index contributed by atoms with van der Waals surface area (Å²) < 4.78 is 19.6. The topological polar surface area (TPSA) is 104 Å². The van der Waals surface area contributed by atoms with Crippen LogP contribution < -0.4 is 15.4 Å². The predicted molar refractivity (Wildman–Crippen MR) is 131 cm³/mol. The van der Waals surface area contributed by atoms with Crippen LogP contribution in [0.4, 0.5) is 9.18 Å². The second kappa shape index (κ2) is 10.1. The van der Waals surface area contributed by atoms with Crippen molar-refractivity contribution in [2.75, 3.05) is 6.54 Å². The zero-order valence-electron chi connectivity index (χ0n) is 20.7. The molecule has 0 bridgehead atoms. The number of nitrogens with zero attached hydrogens (tertiary/aromatic N) is 1. The number of halogens is 1. The summed E-state index contributed by atoms with van der Waals surface area (Å²) in [6.07, 6.45) is 4.69. The number of fused-ring (bicyclic) bond motifs is 1. The minimum atomic E-state index is -1.21. The van der Waals surface area contributed by atoms with Crippen molar-refractivity contribution >= 4 is 6.09 Å². The largest absolute Gasteiger partial charge is 0.471 e. The second-order valence-electron chi connectivity index (χ2n) is 11.2. The molecule has 35 heavy (non-hydrogen) atoms. The van der Waals surface area contributed by atoms with E-state index in [1.807, 2.05) is 6.20 Å². The molecule has 1 aliphatic carbocycles. The Morgan fingerprint density at radius 3 is 2.57 bits per heavy atom. The first kappa shape index (κ1) is 25.4. The van der Waals surface area contributed by atoms with Gasteiger partial charge in [0.1, 0.15) is 11.4 Å². The monoisotopic (exact) mass is 485 g/mol. The Hall–Kier alpha value is -2.71. The summed E-state index contributed by atoms with van der Waals surface area (Å²) in [7, 11) is 0. The summed E-state index contributed by atoms with van der Waals surface area (Å²) in [6.45, 7) is 6.76. The lowest BCUT2D eigenvalue weighted by atomic mass is 9.73. The number of nitrogens with one attached hydrogen (secondary N) is 2. The number of carbonyl (C=O) groups is 1. The molecule has 1 amide bonds. The zero-order chi connectivity index (χ0) is 25.2. The lowest BCUT2D eigenvalue weighted by Crippen LogP contribution is -2.52. The molecule has 8 heteroatoms. The van der Waals surface area contributed by atoms with Gasteiger partial charge in [-0.1, -0.05) is 32.9 Å². The summed E-state index contributed by atoms with van der Waals surface area (Å²) in [5.41, 5.74) is 2.76. The van der Waals surface area contributed by atoms with Gasteiger partial charge in [-0.2, -0.15) is 0 Å². The van der Waals surface area contributed by atoms with Gasteiger partial charge in [0.05, 0.1) is 12.1 Å². The van der Waals surface area contributed by atoms with Crippen LogP contribution in [-0.4, -0.2) is 45.6 Å². The first-order valence-electron chi connectivity index (χ1n) is 12.4. The van der Waals surface area contributed by atoms with Crippen molar-refractivity contribution in [3.05, 3.63) is 59.0 Å². The molecule has 1 fully saturated rings. The fraction of sp³-hybridized carbons (Fsp3) is 0.556. The standard InChI is InChI=1S/C27H36FN3O4/c1-26(2,3)13-18-11-20-22(14-27(9-4-10-27)35-24(20)30-15-18)29-16-23(32)21(31-25(33)34)12-17-5-7-19(28)8-6-17/h5-8,11,15,21-23,29,31-32H,4,9-10,12-14,16H2,1-3H3,(H,33,34)/t21-,22-,23+/m0/s1. The molecule has 190 valence electrons. The van der Waals surface area contributed by atoms with Gasteiger partial charge < -0.3 is 25.6 Å². The number of aliphatic hydroxyl groups excluding tert-OH is 1. The van der Waals surface area contributed by atoms with Crippen molar-refractivity contribution in [2.24, 2.45) is 5.41 Å². The summed E-state index contributed by atoms with van der Waals surface area (Å²) in [4.78, 5) is 16.0. The Morgan fingerprint density at radius 1 is 1.26 bits per heavy atom. The third-order valence-corrected chi connectivity index (χ3v) is 6.92. The third kappa shape index (κ3) is 6.49. The Balaban J connectivity index is 1.49. The maximum atomic E-state index is 13.3. The van der Waals surface area contributed by atoms with Crippen LogP contribution in [0.5, 0.6) is 5.88 Å². The van der Waals surface area contributed by atoms with Crippen LogP contribution in [0.2, 0.25) is 0 Å². The van der Waals surface area contributed by atoms with Crippen molar-refractivity contribution in [2.45, 2.75) is 83.1 Å². The molecular formula is C27H36FN3O4. The van der Waals surface area contributed by atoms with E-state index in [1.54, 1.807) is 12.1 Å². The second-order valence-corrected chi connectivity index (χ2v) is 11.2. The average Bonchev–Trinajstić information content (AvgIpc) is 2.75. The highest BCUT2D eigenvalue weighted by molar-refractivity contribution is 5.65. The quantitative estimate of drug-likeness (QED) is 0.442. The summed E-state index contributed by atoms with van der Waals surface area (Å²) >= 11 is 0. The number of hydrogen-bond acceptors (Lipinski definition) is 5. The molecule has 0 unspecified atom stereocenters. The molecular weight excluding hydrogens is 449 g/mol. The van der Waals surface area contributed by atoms with Crippen molar-refractivity contribution < 1.29 is 24.1 Å². The molecule has 1 aromatic carbocycles. The van der Waals surface area contributed by atoms with Gasteiger partial charge in [0.15, 0.2) is 0 Å². The van der Waals surface area contributed by atoms with Gasteiger partial charge in [-0.25, -0.2) is 14.2 Å². The van der Waals surface area contributed by atoms with Crippen LogP contribution in [0.1, 0.15) is 69.2 Å². The number of hydrogen-bond donors (Lipinski definition) is 4. The number of amides is 1. The van der Waals surface area contributed by atoms with E-state index in [4.69, 9.17) is 4.74 Å². The number of rotatable bonds is 8. The van der Waals surface area contributed by atoms with Gasteiger partial charge in [0.25, 0.3) is 0 Å². The molecule has 3 atom stereocenters. The summed E-state index contributed by atoms with van der Waals surface area (Å²) in [6, 6.07) is 7.21. The van der Waals surface area contributed by atoms with Crippen LogP contribution >= 0.6 is 0 Å². The fourth-order valence-corrected chi connectivity index (χ4v) is 5.07. The molecule has 1 spiro atoms. The molecule has 1 aromatic heterocycles. The molecule has 7 nitrogen and oxygen atoms in total. The number of ether oxygens (including phenoxy) is 1. The van der Waals surface area contributed by atoms with Crippen molar-refractivity contribution in [3.8, 4) is 5.88 Å². The van der Waals surface area contributed by atoms with Crippen LogP contribution in [0, 0.1) is 11.2 Å². The van der Waals surface area contributed by atoms with Gasteiger partial charge in [-0.3, -0.25) is 0 Å². The Bertz CT molecular complexity index is 1030. The normalized spacial score (nSPS) is 20.3. The first-order valence-corrected chi connectivity index (χ1v) is 12.4. The molecule has 2 aromatic rings. The Kier molecular flexibility index (Phi) is 7.33. The zero-order valence-corrected chi connectivity index (χ0v) is 20.7. The van der Waals surface area contributed by atoms with E-state index in [-0.39, 0.29) is 35.8 Å². The molecule has 0 saturated heterocycles. The highest BCUT2D eigenvalue weighted by Gasteiger charge is 2.46. The van der Waals surface area contributed by atoms with Crippen molar-refractivity contribution in [3.63, 3.8) is 0 Å². The molecule has 2 heterocycles. The van der Waals surface area contributed by atoms with E-state index in [0.717, 1.165) is 48.8 Å². The van der Waals surface area contributed by atoms with E-state index in [0.29, 0.717) is 5.88 Å². The van der Waals surface area contributed by atoms with E-state index >= 15 is 0 Å². The lowest BCUT2D eigenvalue weighted by molar-refractivity contribution is -0.0421. The molecule has 4 N–H and O–H groups in total. The summed E-state index contributed by atoms with van der Waals surface area (Å²) in [5, 5.41) is 26.2. The molecule has 1 saturated carbocycles. The van der Waals surface area contributed by atoms with Gasteiger partial charge in [-0.05, 0) is 66.8 Å². The third-order valence-electron chi connectivity index (χ3n) is 6.92. The minimum absolute atomic E-state index is 0.0579. The highest BCUT2D eigenvalue weighted by atomic mass is 19.1. The smallest absolute Gasteiger partial charge is 0.404 e. The molecule has 0 radical (unpaired) electrons. The number of pyridine rings is 1. The fourth-order valence-electron chi connectivity index (χ4n) is 5.07. The lowest BCUT2D eigenvalue weighted by Gasteiger charge is -2.47. The predicted octanol–water partition coefficient (Wildman–Crippen LogP) is 4.39. The average molecular weight is 486 g/mol. The Labute approximate surface area is 206 Å². The number of carboxylic acid groups (broad SMARTS) is 1. The van der Waals surface area contributed by atoms with Gasteiger partial charge in [0, 0.05) is 30.8 Å². The van der Waals surface area contributed by atoms with Crippen LogP contribution in [-0.2, 0) is 12.8 Å². The van der Waals surface area contributed by atoms with Crippen LogP contribution in [0.15, 0.2) is 36.5 Å². The van der Waals surface area contributed by atoms with E-state index in [2.05, 4.69) is 42.5 Å². The van der Waals surface area contributed by atoms with E-state index in [9.17, 15) is 19.4 Å².